The molecule has 84 valence electrons. The number of hydrogen-bond acceptors (Lipinski definition) is 4. The molecule has 0 aliphatic carbocycles. The smallest absolute Gasteiger partial charge is 0.142 e. The van der Waals surface area contributed by atoms with Crippen LogP contribution < -0.4 is 10.6 Å². The molecule has 1 aromatic heterocycles. The molecule has 1 aromatic rings. The lowest BCUT2D eigenvalue weighted by Gasteiger charge is -2.24. The zero-order chi connectivity index (χ0) is 10.7. The van der Waals surface area contributed by atoms with Gasteiger partial charge < -0.3 is 15.4 Å². The van der Waals surface area contributed by atoms with E-state index in [4.69, 9.17) is 10.5 Å². The van der Waals surface area contributed by atoms with E-state index in [1.165, 1.54) is 6.42 Å². The van der Waals surface area contributed by atoms with Crippen LogP contribution in [-0.4, -0.2) is 36.0 Å². The Hall–Kier alpha value is -1.23. The largest absolute Gasteiger partial charge is 0.382 e. The molecular weight excluding hydrogens is 192 g/mol. The fourth-order valence-corrected chi connectivity index (χ4v) is 1.97. The van der Waals surface area contributed by atoms with E-state index in [9.17, 15) is 0 Å². The van der Waals surface area contributed by atoms with E-state index in [0.29, 0.717) is 11.9 Å². The zero-order valence-corrected chi connectivity index (χ0v) is 9.07. The van der Waals surface area contributed by atoms with Gasteiger partial charge in [-0.25, -0.2) is 0 Å². The van der Waals surface area contributed by atoms with Crippen molar-refractivity contribution in [2.45, 2.75) is 25.9 Å². The third kappa shape index (κ3) is 2.23. The van der Waals surface area contributed by atoms with Crippen LogP contribution in [0.2, 0.25) is 0 Å². The lowest BCUT2D eigenvalue weighted by molar-refractivity contribution is 0.116. The highest BCUT2D eigenvalue weighted by atomic mass is 16.5. The Balaban J connectivity index is 2.00. The molecule has 0 amide bonds. The monoisotopic (exact) mass is 210 g/mol. The first-order chi connectivity index (χ1) is 7.31. The van der Waals surface area contributed by atoms with Gasteiger partial charge in [0.1, 0.15) is 5.82 Å². The molecule has 2 heterocycles. The van der Waals surface area contributed by atoms with Gasteiger partial charge in [0.15, 0.2) is 0 Å². The van der Waals surface area contributed by atoms with Crippen molar-refractivity contribution in [3.8, 4) is 0 Å². The second-order valence-corrected chi connectivity index (χ2v) is 3.84. The predicted octanol–water partition coefficient (Wildman–Crippen LogP) is 0.997. The Bertz CT molecular complexity index is 306. The molecular formula is C10H18N4O. The van der Waals surface area contributed by atoms with Crippen molar-refractivity contribution in [2.75, 3.05) is 30.3 Å². The lowest BCUT2D eigenvalue weighted by atomic mass is 10.2. The normalized spacial score (nSPS) is 20.7. The first-order valence-corrected chi connectivity index (χ1v) is 5.46. The maximum atomic E-state index is 5.79. The third-order valence-electron chi connectivity index (χ3n) is 2.82. The van der Waals surface area contributed by atoms with Gasteiger partial charge in [-0.15, -0.1) is 0 Å². The molecule has 15 heavy (non-hydrogen) atoms. The van der Waals surface area contributed by atoms with Crippen LogP contribution >= 0.6 is 0 Å². The summed E-state index contributed by atoms with van der Waals surface area (Å²) in [4.78, 5) is 2.20. The fourth-order valence-electron chi connectivity index (χ4n) is 1.97. The molecule has 0 saturated carbocycles. The Morgan fingerprint density at radius 2 is 2.60 bits per heavy atom. The second-order valence-electron chi connectivity index (χ2n) is 3.84. The number of nitrogens with two attached hydrogens (primary N) is 1. The van der Waals surface area contributed by atoms with Gasteiger partial charge in [-0.05, 0) is 19.8 Å². The van der Waals surface area contributed by atoms with Gasteiger partial charge in [-0.1, -0.05) is 0 Å². The SMILES string of the molecule is CCN(CC1CCCO1)c1cn[nH]c1N. The topological polar surface area (TPSA) is 67.2 Å². The van der Waals surface area contributed by atoms with Crippen LogP contribution in [0, 0.1) is 0 Å². The number of H-pyrrole nitrogens is 1. The minimum Gasteiger partial charge on any atom is -0.382 e. The van der Waals surface area contributed by atoms with E-state index in [1.54, 1.807) is 6.20 Å². The number of aromatic amines is 1. The number of aromatic nitrogens is 2. The van der Waals surface area contributed by atoms with E-state index in [2.05, 4.69) is 22.0 Å². The summed E-state index contributed by atoms with van der Waals surface area (Å²) < 4.78 is 5.61. The van der Waals surface area contributed by atoms with Gasteiger partial charge in [0.25, 0.3) is 0 Å². The first-order valence-electron chi connectivity index (χ1n) is 5.46. The maximum Gasteiger partial charge on any atom is 0.142 e. The number of nitrogens with one attached hydrogen (secondary N) is 1. The molecule has 1 fully saturated rings. The minimum absolute atomic E-state index is 0.347. The summed E-state index contributed by atoms with van der Waals surface area (Å²) in [5, 5.41) is 6.69. The molecule has 1 unspecified atom stereocenters. The molecule has 0 bridgehead atoms. The van der Waals surface area contributed by atoms with Crippen LogP contribution in [0.3, 0.4) is 0 Å². The maximum absolute atomic E-state index is 5.79. The van der Waals surface area contributed by atoms with Crippen LogP contribution in [-0.2, 0) is 4.74 Å². The molecule has 5 heteroatoms. The van der Waals surface area contributed by atoms with E-state index >= 15 is 0 Å². The van der Waals surface area contributed by atoms with Crippen LogP contribution in [0.5, 0.6) is 0 Å². The number of rotatable bonds is 4. The number of ether oxygens (including phenoxy) is 1. The number of hydrogen-bond donors (Lipinski definition) is 2. The lowest BCUT2D eigenvalue weighted by Crippen LogP contribution is -2.32. The molecule has 1 aliphatic rings. The van der Waals surface area contributed by atoms with Gasteiger partial charge in [0, 0.05) is 19.7 Å². The summed E-state index contributed by atoms with van der Waals surface area (Å²) in [6, 6.07) is 0. The van der Waals surface area contributed by atoms with Crippen molar-refractivity contribution in [3.63, 3.8) is 0 Å². The summed E-state index contributed by atoms with van der Waals surface area (Å²) in [7, 11) is 0. The quantitative estimate of drug-likeness (QED) is 0.778. The van der Waals surface area contributed by atoms with Gasteiger partial charge >= 0.3 is 0 Å². The van der Waals surface area contributed by atoms with E-state index in [0.717, 1.165) is 31.8 Å². The van der Waals surface area contributed by atoms with Gasteiger partial charge in [-0.2, -0.15) is 5.10 Å². The Kier molecular flexibility index (Phi) is 3.11. The average molecular weight is 210 g/mol. The van der Waals surface area contributed by atoms with Gasteiger partial charge in [-0.3, -0.25) is 5.10 Å². The zero-order valence-electron chi connectivity index (χ0n) is 9.07. The molecule has 1 aliphatic heterocycles. The molecule has 1 atom stereocenters. The van der Waals surface area contributed by atoms with Crippen LogP contribution in [0.4, 0.5) is 11.5 Å². The standard InChI is InChI=1S/C10H18N4O/c1-2-14(7-8-4-3-5-15-8)9-6-12-13-10(9)11/h6,8H,2-5,7H2,1H3,(H3,11,12,13). The molecule has 2 rings (SSSR count). The van der Waals surface area contributed by atoms with Crippen LogP contribution in [0.15, 0.2) is 6.20 Å². The highest BCUT2D eigenvalue weighted by Crippen LogP contribution is 2.22. The third-order valence-corrected chi connectivity index (χ3v) is 2.82. The molecule has 3 N–H and O–H groups in total. The Morgan fingerprint density at radius 3 is 3.13 bits per heavy atom. The Labute approximate surface area is 89.6 Å². The summed E-state index contributed by atoms with van der Waals surface area (Å²) >= 11 is 0. The second kappa shape index (κ2) is 4.53. The molecule has 0 spiro atoms. The minimum atomic E-state index is 0.347. The summed E-state index contributed by atoms with van der Waals surface area (Å²) in [5.41, 5.74) is 6.77. The number of anilines is 2. The summed E-state index contributed by atoms with van der Waals surface area (Å²) in [6.07, 6.45) is 4.43. The molecule has 1 saturated heterocycles. The molecule has 5 nitrogen and oxygen atoms in total. The summed E-state index contributed by atoms with van der Waals surface area (Å²) in [6.45, 7) is 4.83. The van der Waals surface area contributed by atoms with Crippen molar-refractivity contribution in [2.24, 2.45) is 0 Å². The predicted molar refractivity (Wildman–Crippen MR) is 59.9 cm³/mol. The Morgan fingerprint density at radius 1 is 1.73 bits per heavy atom. The number of nitrogen functional groups attached to an aromatic ring is 1. The van der Waals surface area contributed by atoms with E-state index in [1.807, 2.05) is 0 Å². The van der Waals surface area contributed by atoms with Gasteiger partial charge in [0.05, 0.1) is 18.0 Å². The first kappa shape index (κ1) is 10.3. The van der Waals surface area contributed by atoms with Crippen LogP contribution in [0.25, 0.3) is 0 Å². The van der Waals surface area contributed by atoms with Gasteiger partial charge in [0.2, 0.25) is 0 Å². The van der Waals surface area contributed by atoms with Crippen molar-refractivity contribution in [3.05, 3.63) is 6.20 Å². The molecule has 0 radical (unpaired) electrons. The van der Waals surface area contributed by atoms with Crippen molar-refractivity contribution < 1.29 is 4.74 Å². The highest BCUT2D eigenvalue weighted by molar-refractivity contribution is 5.62. The highest BCUT2D eigenvalue weighted by Gasteiger charge is 2.20. The molecule has 0 aromatic carbocycles. The van der Waals surface area contributed by atoms with Crippen LogP contribution in [0.1, 0.15) is 19.8 Å². The van der Waals surface area contributed by atoms with Crippen molar-refractivity contribution >= 4 is 11.5 Å². The van der Waals surface area contributed by atoms with Crippen molar-refractivity contribution in [1.29, 1.82) is 0 Å². The van der Waals surface area contributed by atoms with E-state index in [-0.39, 0.29) is 0 Å². The average Bonchev–Trinajstić information content (AvgIpc) is 2.85. The van der Waals surface area contributed by atoms with Crippen molar-refractivity contribution in [1.82, 2.24) is 10.2 Å². The number of likely N-dealkylation sites (N-methyl/N-ethyl adjacent to an activating group) is 1. The fraction of sp³-hybridized carbons (Fsp3) is 0.700. The number of nitrogens with zero attached hydrogens (tertiary/aromatic N) is 2. The van der Waals surface area contributed by atoms with E-state index < -0.39 is 0 Å². The summed E-state index contributed by atoms with van der Waals surface area (Å²) in [5.74, 6) is 0.634.